The van der Waals surface area contributed by atoms with E-state index in [0.717, 1.165) is 10.4 Å². The molecule has 3 aromatic heterocycles. The van der Waals surface area contributed by atoms with Crippen LogP contribution in [0.3, 0.4) is 0 Å². The van der Waals surface area contributed by atoms with Crippen molar-refractivity contribution in [3.63, 3.8) is 0 Å². The minimum Gasteiger partial charge on any atom is -0.382 e. The van der Waals surface area contributed by atoms with Gasteiger partial charge in [-0.15, -0.1) is 11.3 Å². The lowest BCUT2D eigenvalue weighted by Crippen LogP contribution is -2.21. The molecule has 0 unspecified atom stereocenters. The van der Waals surface area contributed by atoms with Crippen molar-refractivity contribution >= 4 is 45.6 Å². The average Bonchev–Trinajstić information content (AvgIpc) is 3.50. The molecule has 1 amide bonds. The van der Waals surface area contributed by atoms with Crippen molar-refractivity contribution in [2.45, 2.75) is 26.1 Å². The number of halogens is 3. The van der Waals surface area contributed by atoms with Crippen LogP contribution in [0.15, 0.2) is 48.8 Å². The Morgan fingerprint density at radius 1 is 1.16 bits per heavy atom. The van der Waals surface area contributed by atoms with Gasteiger partial charge >= 0.3 is 6.18 Å². The largest absolute Gasteiger partial charge is 0.405 e. The summed E-state index contributed by atoms with van der Waals surface area (Å²) in [4.78, 5) is 22.9. The van der Waals surface area contributed by atoms with Gasteiger partial charge in [-0.1, -0.05) is 0 Å². The lowest BCUT2D eigenvalue weighted by molar-refractivity contribution is -0.115. The van der Waals surface area contributed by atoms with Gasteiger partial charge in [0.2, 0.25) is 5.95 Å². The zero-order valence-corrected chi connectivity index (χ0v) is 20.6. The summed E-state index contributed by atoms with van der Waals surface area (Å²) in [5.74, 6) is -0.144. The number of aryl methyl sites for hydroxylation is 1. The van der Waals surface area contributed by atoms with Crippen molar-refractivity contribution in [3.8, 4) is 10.4 Å². The van der Waals surface area contributed by atoms with E-state index in [1.165, 1.54) is 23.5 Å². The van der Waals surface area contributed by atoms with Crippen LogP contribution in [0.1, 0.15) is 23.0 Å². The Morgan fingerprint density at radius 3 is 2.65 bits per heavy atom. The van der Waals surface area contributed by atoms with E-state index < -0.39 is 12.7 Å². The van der Waals surface area contributed by atoms with Crippen molar-refractivity contribution in [3.05, 3.63) is 53.7 Å². The molecule has 0 atom stereocenters. The number of hydrogen-bond donors (Lipinski definition) is 4. The molecular weight excluding hydrogens is 509 g/mol. The predicted octanol–water partition coefficient (Wildman–Crippen LogP) is 5.61. The summed E-state index contributed by atoms with van der Waals surface area (Å²) >= 11 is 1.31. The maximum Gasteiger partial charge on any atom is 0.405 e. The van der Waals surface area contributed by atoms with Gasteiger partial charge in [0.05, 0.1) is 27.3 Å². The smallest absolute Gasteiger partial charge is 0.382 e. The Bertz CT molecular complexity index is 1360. The number of ether oxygens (including phenoxy) is 1. The van der Waals surface area contributed by atoms with Crippen LogP contribution < -0.4 is 16.1 Å². The first-order valence-electron chi connectivity index (χ1n) is 11.4. The molecule has 4 aromatic rings. The van der Waals surface area contributed by atoms with Crippen molar-refractivity contribution in [2.75, 3.05) is 35.9 Å². The van der Waals surface area contributed by atoms with Crippen LogP contribution >= 0.6 is 11.3 Å². The van der Waals surface area contributed by atoms with Crippen LogP contribution in [0.5, 0.6) is 0 Å². The van der Waals surface area contributed by atoms with Crippen LogP contribution in [0.4, 0.5) is 30.5 Å². The number of hydrogen-bond acceptors (Lipinski definition) is 8. The molecule has 0 aliphatic carbocycles. The van der Waals surface area contributed by atoms with E-state index in [2.05, 4.69) is 20.6 Å². The first kappa shape index (κ1) is 26.4. The van der Waals surface area contributed by atoms with Gasteiger partial charge in [0, 0.05) is 37.0 Å². The molecule has 0 spiro atoms. The highest BCUT2D eigenvalue weighted by Gasteiger charge is 2.27. The van der Waals surface area contributed by atoms with Crippen LogP contribution in [0, 0.1) is 0 Å². The van der Waals surface area contributed by atoms with Gasteiger partial charge in [-0.3, -0.25) is 25.8 Å². The number of aromatic nitrogens is 3. The molecule has 0 radical (unpaired) electrons. The van der Waals surface area contributed by atoms with Gasteiger partial charge in [-0.2, -0.15) is 13.2 Å². The molecule has 13 heteroatoms. The van der Waals surface area contributed by atoms with E-state index >= 15 is 0 Å². The summed E-state index contributed by atoms with van der Waals surface area (Å²) < 4.78 is 45.5. The minimum absolute atomic E-state index is 0.0221. The fourth-order valence-electron chi connectivity index (χ4n) is 3.69. The molecule has 0 fully saturated rings. The Labute approximate surface area is 214 Å². The molecule has 1 aromatic carbocycles. The summed E-state index contributed by atoms with van der Waals surface area (Å²) in [6.07, 6.45) is -0.521. The molecule has 0 saturated heterocycles. The maximum absolute atomic E-state index is 13.1. The molecule has 0 aliphatic rings. The third-order valence-electron chi connectivity index (χ3n) is 5.38. The fraction of sp³-hybridized carbons (Fsp3) is 0.292. The summed E-state index contributed by atoms with van der Waals surface area (Å²) in [6.45, 7) is 1.99. The van der Waals surface area contributed by atoms with Gasteiger partial charge < -0.3 is 14.6 Å². The van der Waals surface area contributed by atoms with E-state index in [1.54, 1.807) is 23.0 Å². The topological polar surface area (TPSA) is 113 Å². The molecule has 4 N–H and O–H groups in total. The third kappa shape index (κ3) is 6.56. The van der Waals surface area contributed by atoms with Gasteiger partial charge in [0.1, 0.15) is 6.54 Å². The Kier molecular flexibility index (Phi) is 8.26. The van der Waals surface area contributed by atoms with E-state index in [1.807, 2.05) is 30.6 Å². The van der Waals surface area contributed by atoms with Crippen LogP contribution in [0.25, 0.3) is 21.5 Å². The van der Waals surface area contributed by atoms with Gasteiger partial charge in [-0.25, -0.2) is 4.98 Å². The number of nitrogens with zero attached hydrogens (tertiary/aromatic N) is 3. The van der Waals surface area contributed by atoms with Gasteiger partial charge in [0.25, 0.3) is 5.91 Å². The molecular formula is C24H25F3N6O3S. The summed E-state index contributed by atoms with van der Waals surface area (Å²) in [7, 11) is 0. The number of alkyl halides is 3. The lowest BCUT2D eigenvalue weighted by Gasteiger charge is -2.14. The molecule has 0 aliphatic heterocycles. The van der Waals surface area contributed by atoms with Gasteiger partial charge in [-0.05, 0) is 55.3 Å². The van der Waals surface area contributed by atoms with Crippen LogP contribution in [-0.4, -0.2) is 51.6 Å². The van der Waals surface area contributed by atoms with Crippen LogP contribution in [0.2, 0.25) is 0 Å². The highest BCUT2D eigenvalue weighted by Crippen LogP contribution is 2.32. The number of rotatable bonds is 11. The van der Waals surface area contributed by atoms with E-state index in [4.69, 9.17) is 4.74 Å². The number of imidazole rings is 1. The zero-order valence-electron chi connectivity index (χ0n) is 19.8. The van der Waals surface area contributed by atoms with E-state index in [-0.39, 0.29) is 23.2 Å². The highest BCUT2D eigenvalue weighted by molar-refractivity contribution is 7.17. The number of thiophene rings is 1. The molecule has 37 heavy (non-hydrogen) atoms. The van der Waals surface area contributed by atoms with E-state index in [0.29, 0.717) is 42.1 Å². The molecule has 0 bridgehead atoms. The van der Waals surface area contributed by atoms with Crippen molar-refractivity contribution in [1.82, 2.24) is 14.5 Å². The van der Waals surface area contributed by atoms with Gasteiger partial charge in [0.15, 0.2) is 0 Å². The summed E-state index contributed by atoms with van der Waals surface area (Å²) in [5.41, 5.74) is 3.77. The molecule has 9 nitrogen and oxygen atoms in total. The first-order valence-corrected chi connectivity index (χ1v) is 12.2. The number of pyridine rings is 1. The third-order valence-corrected chi connectivity index (χ3v) is 6.51. The minimum atomic E-state index is -4.45. The number of benzene rings is 1. The number of carbonyl (C=O) groups excluding carboxylic acids is 1. The van der Waals surface area contributed by atoms with Crippen molar-refractivity contribution in [1.29, 1.82) is 0 Å². The van der Waals surface area contributed by atoms with Crippen molar-refractivity contribution in [2.24, 2.45) is 0 Å². The Morgan fingerprint density at radius 2 is 1.95 bits per heavy atom. The predicted molar refractivity (Wildman–Crippen MR) is 136 cm³/mol. The first-order chi connectivity index (χ1) is 17.8. The second kappa shape index (κ2) is 11.6. The van der Waals surface area contributed by atoms with Crippen molar-refractivity contribution < 1.29 is 27.9 Å². The summed E-state index contributed by atoms with van der Waals surface area (Å²) in [5, 5.41) is 14.6. The molecule has 3 heterocycles. The number of nitrogens with one attached hydrogen (secondary N) is 3. The Balaban J connectivity index is 1.65. The molecule has 0 saturated carbocycles. The Hall–Kier alpha value is -3.68. The second-order valence-corrected chi connectivity index (χ2v) is 9.04. The monoisotopic (exact) mass is 534 g/mol. The zero-order chi connectivity index (χ0) is 26.4. The molecule has 196 valence electrons. The SMILES string of the molecule is CCOCCCn1c(NC(=O)c2ccc(-c3ccncc3)s2)nc2cc(NO)c(NCC(F)(F)F)cc21. The number of carbonyl (C=O) groups is 1. The fourth-order valence-corrected chi connectivity index (χ4v) is 4.60. The lowest BCUT2D eigenvalue weighted by atomic mass is 10.2. The number of fused-ring (bicyclic) bond motifs is 1. The maximum atomic E-state index is 13.1. The number of amides is 1. The normalized spacial score (nSPS) is 11.6. The van der Waals surface area contributed by atoms with Crippen LogP contribution in [-0.2, 0) is 11.3 Å². The van der Waals surface area contributed by atoms with E-state index in [9.17, 15) is 23.2 Å². The average molecular weight is 535 g/mol. The quantitative estimate of drug-likeness (QED) is 0.146. The standard InChI is InChI=1S/C24H25F3N6O3S/c1-2-36-11-3-10-33-19-13-16(29-14-24(25,26)27)17(32-35)12-18(19)30-23(33)31-22(34)21-5-4-20(37-21)15-6-8-28-9-7-15/h4-9,12-13,29,32,35H,2-3,10-11,14H2,1H3,(H,30,31,34). The second-order valence-electron chi connectivity index (χ2n) is 7.96. The summed E-state index contributed by atoms with van der Waals surface area (Å²) in [6, 6.07) is 10.1. The number of anilines is 3. The highest BCUT2D eigenvalue weighted by atomic mass is 32.1. The molecule has 4 rings (SSSR count).